The average Bonchev–Trinajstić information content (AvgIpc) is 3.38. The number of aromatic hydroxyl groups is 2. The van der Waals surface area contributed by atoms with Crippen molar-refractivity contribution in [2.24, 2.45) is 5.92 Å². The summed E-state index contributed by atoms with van der Waals surface area (Å²) in [6.07, 6.45) is 9.80. The molecule has 2 heterocycles. The fraction of sp³-hybridized carbons (Fsp3) is 0.545. The van der Waals surface area contributed by atoms with E-state index in [0.717, 1.165) is 67.3 Å². The summed E-state index contributed by atoms with van der Waals surface area (Å²) < 4.78 is 1.76. The fourth-order valence-electron chi connectivity index (χ4n) is 5.68. The number of carbonyl (C=O) groups is 1. The Hall–Kier alpha value is -2.50. The van der Waals surface area contributed by atoms with Crippen molar-refractivity contribution in [3.05, 3.63) is 35.2 Å². The Morgan fingerprint density at radius 1 is 1.07 bits per heavy atom. The van der Waals surface area contributed by atoms with E-state index in [9.17, 15) is 15.0 Å². The topological polar surface area (TPSA) is 87.4 Å². The Morgan fingerprint density at radius 2 is 1.71 bits per heavy atom. The minimum absolute atomic E-state index is 0.0380. The van der Waals surface area contributed by atoms with Crippen molar-refractivity contribution in [3.63, 3.8) is 0 Å². The molecule has 6 nitrogen and oxygen atoms in total. The van der Waals surface area contributed by atoms with Crippen molar-refractivity contribution >= 4 is 11.6 Å². The zero-order chi connectivity index (χ0) is 19.4. The van der Waals surface area contributed by atoms with Crippen LogP contribution in [0, 0.1) is 12.8 Å². The molecule has 0 saturated heterocycles. The Balaban J connectivity index is 1.28. The normalized spacial score (nSPS) is 28.3. The first-order chi connectivity index (χ1) is 13.5. The average molecular weight is 381 g/mol. The van der Waals surface area contributed by atoms with Crippen molar-refractivity contribution < 1.29 is 15.0 Å². The first kappa shape index (κ1) is 17.6. The molecule has 28 heavy (non-hydrogen) atoms. The number of carbonyl (C=O) groups excluding carboxylic acids is 1. The first-order valence-electron chi connectivity index (χ1n) is 10.4. The van der Waals surface area contributed by atoms with Crippen LogP contribution in [0.2, 0.25) is 0 Å². The van der Waals surface area contributed by atoms with Gasteiger partial charge in [-0.05, 0) is 75.3 Å². The molecule has 148 valence electrons. The number of fused-ring (bicyclic) bond motifs is 5. The summed E-state index contributed by atoms with van der Waals surface area (Å²) in [7, 11) is 0. The maximum Gasteiger partial charge on any atom is 0.227 e. The van der Waals surface area contributed by atoms with Crippen molar-refractivity contribution in [2.45, 2.75) is 69.7 Å². The molecule has 0 spiro atoms. The number of nitrogens with one attached hydrogen (secondary N) is 1. The van der Waals surface area contributed by atoms with Crippen LogP contribution in [-0.2, 0) is 4.79 Å². The number of aryl methyl sites for hydroxylation is 1. The van der Waals surface area contributed by atoms with Crippen LogP contribution in [0.25, 0.3) is 0 Å². The highest BCUT2D eigenvalue weighted by Crippen LogP contribution is 2.60. The van der Waals surface area contributed by atoms with Crippen molar-refractivity contribution in [2.75, 3.05) is 5.32 Å². The number of rotatable bonds is 3. The van der Waals surface area contributed by atoms with E-state index in [1.807, 2.05) is 13.0 Å². The van der Waals surface area contributed by atoms with Gasteiger partial charge in [-0.2, -0.15) is 0 Å². The van der Waals surface area contributed by atoms with Crippen LogP contribution in [0.3, 0.4) is 0 Å². The van der Waals surface area contributed by atoms with Crippen molar-refractivity contribution in [3.8, 4) is 11.8 Å². The third-order valence-electron chi connectivity index (χ3n) is 7.21. The highest BCUT2D eigenvalue weighted by Gasteiger charge is 2.45. The van der Waals surface area contributed by atoms with E-state index in [1.54, 1.807) is 17.0 Å². The molecule has 3 N–H and O–H groups in total. The van der Waals surface area contributed by atoms with E-state index < -0.39 is 0 Å². The van der Waals surface area contributed by atoms with Gasteiger partial charge in [0.05, 0.1) is 11.9 Å². The lowest BCUT2D eigenvalue weighted by molar-refractivity contribution is -0.121. The van der Waals surface area contributed by atoms with Gasteiger partial charge in [-0.3, -0.25) is 14.3 Å². The molecule has 0 aromatic carbocycles. The largest absolute Gasteiger partial charge is 0.494 e. The van der Waals surface area contributed by atoms with E-state index in [-0.39, 0.29) is 29.6 Å². The second-order valence-corrected chi connectivity index (χ2v) is 8.74. The number of amides is 1. The highest BCUT2D eigenvalue weighted by molar-refractivity contribution is 5.93. The second kappa shape index (κ2) is 6.54. The maximum absolute atomic E-state index is 12.7. The van der Waals surface area contributed by atoms with E-state index in [0.29, 0.717) is 11.8 Å². The summed E-state index contributed by atoms with van der Waals surface area (Å²) in [5, 5.41) is 24.6. The molecule has 2 aromatic heterocycles. The number of anilines is 1. The molecule has 2 saturated carbocycles. The van der Waals surface area contributed by atoms with Crippen LogP contribution >= 0.6 is 0 Å². The summed E-state index contributed by atoms with van der Waals surface area (Å²) in [5.74, 6) is 1.38. The summed E-state index contributed by atoms with van der Waals surface area (Å²) in [5.41, 5.74) is 3.77. The molecule has 0 radical (unpaired) electrons. The van der Waals surface area contributed by atoms with Crippen LogP contribution in [0.5, 0.6) is 11.8 Å². The first-order valence-corrected chi connectivity index (χ1v) is 10.4. The van der Waals surface area contributed by atoms with E-state index in [1.165, 1.54) is 0 Å². The van der Waals surface area contributed by atoms with Gasteiger partial charge in [-0.25, -0.2) is 0 Å². The quantitative estimate of drug-likeness (QED) is 0.738. The Bertz CT molecular complexity index is 894. The van der Waals surface area contributed by atoms with E-state index in [4.69, 9.17) is 0 Å². The Kier molecular flexibility index (Phi) is 4.11. The van der Waals surface area contributed by atoms with Crippen LogP contribution in [0.1, 0.15) is 79.5 Å². The third kappa shape index (κ3) is 2.61. The smallest absolute Gasteiger partial charge is 0.227 e. The summed E-state index contributed by atoms with van der Waals surface area (Å²) in [6, 6.07) is 1.95. The molecular formula is C22H27N3O3. The molecule has 1 amide bonds. The zero-order valence-electron chi connectivity index (χ0n) is 16.2. The van der Waals surface area contributed by atoms with Gasteiger partial charge >= 0.3 is 0 Å². The Labute approximate surface area is 164 Å². The predicted octanol–water partition coefficient (Wildman–Crippen LogP) is 4.34. The SMILES string of the molecule is Cc1ccncc1NC(=O)C1CCC(n2c(O)c3c(c2O)[C@H]2CC[C@@H]3C2)CC1. The minimum Gasteiger partial charge on any atom is -0.494 e. The van der Waals surface area contributed by atoms with Gasteiger partial charge in [0.1, 0.15) is 0 Å². The second-order valence-electron chi connectivity index (χ2n) is 8.74. The molecule has 3 aliphatic rings. The number of nitrogens with zero attached hydrogens (tertiary/aromatic N) is 2. The molecule has 3 aliphatic carbocycles. The van der Waals surface area contributed by atoms with Crippen molar-refractivity contribution in [1.82, 2.24) is 9.55 Å². The van der Waals surface area contributed by atoms with Gasteiger partial charge < -0.3 is 15.5 Å². The van der Waals surface area contributed by atoms with Crippen LogP contribution in [0.4, 0.5) is 5.69 Å². The number of pyridine rings is 1. The summed E-state index contributed by atoms with van der Waals surface area (Å²) in [6.45, 7) is 1.96. The summed E-state index contributed by atoms with van der Waals surface area (Å²) in [4.78, 5) is 16.7. The standard InChI is InChI=1S/C22H27N3O3/c1-12-8-9-23-11-17(12)24-20(26)13-4-6-16(7-5-13)25-21(27)18-14-2-3-15(10-14)19(18)22(25)28/h8-9,11,13-16,27-28H,2-7,10H2,1H3,(H,24,26)/t13?,14-,15+,16?. The van der Waals surface area contributed by atoms with Crippen LogP contribution in [0.15, 0.2) is 18.5 Å². The lowest BCUT2D eigenvalue weighted by Gasteiger charge is -2.30. The van der Waals surface area contributed by atoms with Crippen molar-refractivity contribution in [1.29, 1.82) is 0 Å². The molecule has 2 fully saturated rings. The molecule has 2 atom stereocenters. The van der Waals surface area contributed by atoms with Crippen LogP contribution < -0.4 is 5.32 Å². The van der Waals surface area contributed by atoms with E-state index in [2.05, 4.69) is 10.3 Å². The van der Waals surface area contributed by atoms with E-state index >= 15 is 0 Å². The maximum atomic E-state index is 12.7. The van der Waals surface area contributed by atoms with Gasteiger partial charge in [0.15, 0.2) is 11.8 Å². The monoisotopic (exact) mass is 381 g/mol. The predicted molar refractivity (Wildman–Crippen MR) is 106 cm³/mol. The lowest BCUT2D eigenvalue weighted by Crippen LogP contribution is -2.28. The van der Waals surface area contributed by atoms with Gasteiger partial charge in [0.2, 0.25) is 5.91 Å². The molecule has 2 bridgehead atoms. The molecule has 0 aliphatic heterocycles. The number of hydrogen-bond acceptors (Lipinski definition) is 4. The van der Waals surface area contributed by atoms with Crippen LogP contribution in [-0.4, -0.2) is 25.7 Å². The number of aromatic nitrogens is 2. The third-order valence-corrected chi connectivity index (χ3v) is 7.21. The molecule has 2 aromatic rings. The molecular weight excluding hydrogens is 354 g/mol. The van der Waals surface area contributed by atoms with Gasteiger partial charge in [0.25, 0.3) is 0 Å². The summed E-state index contributed by atoms with van der Waals surface area (Å²) >= 11 is 0. The fourth-order valence-corrected chi connectivity index (χ4v) is 5.68. The minimum atomic E-state index is -0.0428. The number of hydrogen-bond donors (Lipinski definition) is 3. The van der Waals surface area contributed by atoms with Gasteiger partial charge in [0, 0.05) is 29.3 Å². The van der Waals surface area contributed by atoms with Gasteiger partial charge in [-0.1, -0.05) is 0 Å². The lowest BCUT2D eigenvalue weighted by atomic mass is 9.85. The molecule has 0 unspecified atom stereocenters. The zero-order valence-corrected chi connectivity index (χ0v) is 16.2. The Morgan fingerprint density at radius 3 is 2.32 bits per heavy atom. The highest BCUT2D eigenvalue weighted by atomic mass is 16.3. The molecule has 5 rings (SSSR count). The van der Waals surface area contributed by atoms with Gasteiger partial charge in [-0.15, -0.1) is 0 Å². The molecule has 6 heteroatoms.